The number of guanidine groups is 1. The molecule has 0 spiro atoms. The van der Waals surface area contributed by atoms with Crippen molar-refractivity contribution in [2.75, 3.05) is 40.8 Å². The van der Waals surface area contributed by atoms with Gasteiger partial charge in [-0.05, 0) is 36.5 Å². The molecule has 1 aromatic carbocycles. The van der Waals surface area contributed by atoms with Crippen LogP contribution in [0.1, 0.15) is 30.9 Å². The van der Waals surface area contributed by atoms with Crippen LogP contribution in [0.15, 0.2) is 29.3 Å². The van der Waals surface area contributed by atoms with Crippen LogP contribution in [0, 0.1) is 5.92 Å². The first-order valence-corrected chi connectivity index (χ1v) is 9.39. The number of benzene rings is 1. The maximum Gasteiger partial charge on any atom is 0.220 e. The third kappa shape index (κ3) is 7.46. The lowest BCUT2D eigenvalue weighted by molar-refractivity contribution is -0.121. The van der Waals surface area contributed by atoms with E-state index in [0.29, 0.717) is 23.9 Å². The molecule has 6 nitrogen and oxygen atoms in total. The number of halogens is 2. The number of carbonyl (C=O) groups excluding carboxylic acids is 1. The largest absolute Gasteiger partial charge is 0.375 e. The van der Waals surface area contributed by atoms with Gasteiger partial charge in [-0.15, -0.1) is 24.0 Å². The Labute approximate surface area is 184 Å². The predicted molar refractivity (Wildman–Crippen MR) is 121 cm³/mol. The third-order valence-electron chi connectivity index (χ3n) is 4.83. The zero-order chi connectivity index (χ0) is 18.9. The molecule has 1 aliphatic heterocycles. The minimum atomic E-state index is -0.101. The minimum absolute atomic E-state index is 0. The molecule has 1 saturated heterocycles. The van der Waals surface area contributed by atoms with Crippen LogP contribution in [0.5, 0.6) is 0 Å². The van der Waals surface area contributed by atoms with Crippen LogP contribution in [0.4, 0.5) is 0 Å². The molecule has 0 aliphatic carbocycles. The standard InChI is InChI=1S/C19H29ClN4O2.HI/c1-21-18(25)11-14-7-9-24(10-8-14)19(22-2)23-13-17(26-3)15-5-4-6-16(20)12-15;/h4-6,12,14,17H,7-11,13H2,1-3H3,(H,21,25)(H,22,23);1H. The van der Waals surface area contributed by atoms with Gasteiger partial charge >= 0.3 is 0 Å². The van der Waals surface area contributed by atoms with Crippen LogP contribution >= 0.6 is 35.6 Å². The van der Waals surface area contributed by atoms with E-state index in [1.807, 2.05) is 24.3 Å². The van der Waals surface area contributed by atoms with E-state index >= 15 is 0 Å². The Morgan fingerprint density at radius 1 is 1.41 bits per heavy atom. The van der Waals surface area contributed by atoms with Gasteiger partial charge in [0.15, 0.2) is 5.96 Å². The van der Waals surface area contributed by atoms with Crippen LogP contribution in [-0.2, 0) is 9.53 Å². The van der Waals surface area contributed by atoms with Gasteiger partial charge in [0.25, 0.3) is 0 Å². The molecular formula is C19H30ClIN4O2. The maximum absolute atomic E-state index is 11.5. The van der Waals surface area contributed by atoms with E-state index in [9.17, 15) is 4.79 Å². The lowest BCUT2D eigenvalue weighted by Gasteiger charge is -2.34. The summed E-state index contributed by atoms with van der Waals surface area (Å²) < 4.78 is 5.61. The Bertz CT molecular complexity index is 621. The van der Waals surface area contributed by atoms with Crippen LogP contribution in [0.25, 0.3) is 0 Å². The number of likely N-dealkylation sites (tertiary alicyclic amines) is 1. The highest BCUT2D eigenvalue weighted by Crippen LogP contribution is 2.22. The summed E-state index contributed by atoms with van der Waals surface area (Å²) in [6, 6.07) is 7.71. The van der Waals surface area contributed by atoms with Crippen LogP contribution in [0.2, 0.25) is 5.02 Å². The zero-order valence-electron chi connectivity index (χ0n) is 16.2. The molecule has 0 bridgehead atoms. The van der Waals surface area contributed by atoms with Gasteiger partial charge in [0.05, 0.1) is 6.10 Å². The molecule has 27 heavy (non-hydrogen) atoms. The number of ether oxygens (including phenoxy) is 1. The number of carbonyl (C=O) groups is 1. The van der Waals surface area contributed by atoms with Crippen molar-refractivity contribution in [1.82, 2.24) is 15.5 Å². The van der Waals surface area contributed by atoms with Crippen molar-refractivity contribution in [2.24, 2.45) is 10.9 Å². The normalized spacial score (nSPS) is 16.4. The fourth-order valence-electron chi connectivity index (χ4n) is 3.27. The number of piperidine rings is 1. The SMILES string of the molecule is CN=C(NCC(OC)c1cccc(Cl)c1)N1CCC(CC(=O)NC)CC1.I. The molecule has 1 aromatic rings. The molecular weight excluding hydrogens is 479 g/mol. The number of aliphatic imine (C=N–C) groups is 1. The first-order valence-electron chi connectivity index (χ1n) is 9.01. The average Bonchev–Trinajstić information content (AvgIpc) is 2.66. The highest BCUT2D eigenvalue weighted by molar-refractivity contribution is 14.0. The quantitative estimate of drug-likeness (QED) is 0.352. The molecule has 1 heterocycles. The lowest BCUT2D eigenvalue weighted by Crippen LogP contribution is -2.47. The van der Waals surface area contributed by atoms with Crippen molar-refractivity contribution in [2.45, 2.75) is 25.4 Å². The molecule has 1 amide bonds. The zero-order valence-corrected chi connectivity index (χ0v) is 19.3. The van der Waals surface area contributed by atoms with Gasteiger partial charge in [-0.25, -0.2) is 0 Å². The fraction of sp³-hybridized carbons (Fsp3) is 0.579. The summed E-state index contributed by atoms with van der Waals surface area (Å²) in [5, 5.41) is 6.81. The second-order valence-corrected chi connectivity index (χ2v) is 6.95. The molecule has 1 unspecified atom stereocenters. The Hall–Kier alpha value is -1.06. The van der Waals surface area contributed by atoms with Gasteiger partial charge in [0, 0.05) is 52.3 Å². The third-order valence-corrected chi connectivity index (χ3v) is 5.06. The van der Waals surface area contributed by atoms with Gasteiger partial charge in [-0.3, -0.25) is 9.79 Å². The summed E-state index contributed by atoms with van der Waals surface area (Å²) in [6.45, 7) is 2.41. The van der Waals surface area contributed by atoms with Gasteiger partial charge in [0.1, 0.15) is 0 Å². The van der Waals surface area contributed by atoms with Crippen LogP contribution in [-0.4, -0.2) is 57.6 Å². The first kappa shape index (κ1) is 24.0. The molecule has 0 saturated carbocycles. The molecule has 1 atom stereocenters. The van der Waals surface area contributed by atoms with E-state index < -0.39 is 0 Å². The maximum atomic E-state index is 11.5. The van der Waals surface area contributed by atoms with E-state index in [1.54, 1.807) is 21.2 Å². The Kier molecular flexibility index (Phi) is 11.0. The monoisotopic (exact) mass is 508 g/mol. The number of methoxy groups -OCH3 is 1. The number of hydrogen-bond acceptors (Lipinski definition) is 3. The Morgan fingerprint density at radius 3 is 2.67 bits per heavy atom. The van der Waals surface area contributed by atoms with Crippen LogP contribution < -0.4 is 10.6 Å². The number of hydrogen-bond donors (Lipinski definition) is 2. The van der Waals surface area contributed by atoms with Crippen LogP contribution in [0.3, 0.4) is 0 Å². The van der Waals surface area contributed by atoms with E-state index in [2.05, 4.69) is 20.5 Å². The van der Waals surface area contributed by atoms with Crippen molar-refractivity contribution in [3.8, 4) is 0 Å². The number of rotatable bonds is 6. The summed E-state index contributed by atoms with van der Waals surface area (Å²) >= 11 is 6.08. The summed E-state index contributed by atoms with van der Waals surface area (Å²) in [4.78, 5) is 18.2. The molecule has 152 valence electrons. The first-order chi connectivity index (χ1) is 12.6. The van der Waals surface area contributed by atoms with Gasteiger partial charge in [-0.1, -0.05) is 23.7 Å². The van der Waals surface area contributed by atoms with E-state index in [1.165, 1.54) is 0 Å². The number of amides is 1. The molecule has 2 N–H and O–H groups in total. The second kappa shape index (κ2) is 12.4. The average molecular weight is 509 g/mol. The van der Waals surface area contributed by atoms with Crippen molar-refractivity contribution in [3.05, 3.63) is 34.9 Å². The number of nitrogens with one attached hydrogen (secondary N) is 2. The predicted octanol–water partition coefficient (Wildman–Crippen LogP) is 3.07. The number of nitrogens with zero attached hydrogens (tertiary/aromatic N) is 2. The smallest absolute Gasteiger partial charge is 0.220 e. The Balaban J connectivity index is 0.00000364. The van der Waals surface area contributed by atoms with Gasteiger partial charge in [0.2, 0.25) is 5.91 Å². The molecule has 8 heteroatoms. The lowest BCUT2D eigenvalue weighted by atomic mass is 9.93. The van der Waals surface area contributed by atoms with Gasteiger partial charge in [-0.2, -0.15) is 0 Å². The molecule has 0 aromatic heterocycles. The molecule has 1 aliphatic rings. The van der Waals surface area contributed by atoms with E-state index in [-0.39, 0.29) is 36.0 Å². The molecule has 2 rings (SSSR count). The van der Waals surface area contributed by atoms with E-state index in [0.717, 1.165) is 37.5 Å². The summed E-state index contributed by atoms with van der Waals surface area (Å²) in [7, 11) is 5.18. The van der Waals surface area contributed by atoms with E-state index in [4.69, 9.17) is 16.3 Å². The van der Waals surface area contributed by atoms with Gasteiger partial charge < -0.3 is 20.3 Å². The summed E-state index contributed by atoms with van der Waals surface area (Å²) in [6.07, 6.45) is 2.50. The minimum Gasteiger partial charge on any atom is -0.375 e. The van der Waals surface area contributed by atoms with Crippen molar-refractivity contribution >= 4 is 47.4 Å². The summed E-state index contributed by atoms with van der Waals surface area (Å²) in [5.74, 6) is 1.44. The highest BCUT2D eigenvalue weighted by atomic mass is 127. The molecule has 0 radical (unpaired) electrons. The topological polar surface area (TPSA) is 66.0 Å². The highest BCUT2D eigenvalue weighted by Gasteiger charge is 2.23. The summed E-state index contributed by atoms with van der Waals surface area (Å²) in [5.41, 5.74) is 1.03. The van der Waals surface area contributed by atoms with Crippen molar-refractivity contribution in [3.63, 3.8) is 0 Å². The fourth-order valence-corrected chi connectivity index (χ4v) is 3.47. The van der Waals surface area contributed by atoms with Crippen molar-refractivity contribution < 1.29 is 9.53 Å². The second-order valence-electron chi connectivity index (χ2n) is 6.52. The van der Waals surface area contributed by atoms with Crippen molar-refractivity contribution in [1.29, 1.82) is 0 Å². The Morgan fingerprint density at radius 2 is 2.11 bits per heavy atom. The molecule has 1 fully saturated rings.